The van der Waals surface area contributed by atoms with Gasteiger partial charge in [-0.2, -0.15) is 0 Å². The highest BCUT2D eigenvalue weighted by Gasteiger charge is 2.17. The largest absolute Gasteiger partial charge is 0.353 e. The lowest BCUT2D eigenvalue weighted by Crippen LogP contribution is -2.37. The molecule has 0 saturated carbocycles. The number of carbonyl (C=O) groups excluding carboxylic acids is 1. The van der Waals surface area contributed by atoms with E-state index in [0.29, 0.717) is 11.1 Å². The Kier molecular flexibility index (Phi) is 5.59. The molecule has 0 unspecified atom stereocenters. The number of hydrogen-bond acceptors (Lipinski definition) is 5. The molecule has 0 aliphatic rings. The minimum absolute atomic E-state index is 0.0906. The van der Waals surface area contributed by atoms with Gasteiger partial charge in [0.15, 0.2) is 5.82 Å². The van der Waals surface area contributed by atoms with Crippen molar-refractivity contribution in [2.24, 2.45) is 5.92 Å². The second kappa shape index (κ2) is 7.45. The predicted octanol–water partition coefficient (Wildman–Crippen LogP) is 2.05. The number of aromatic nitrogens is 3. The number of nitrogens with two attached hydrogens (primary N) is 1. The third-order valence-electron chi connectivity index (χ3n) is 3.50. The summed E-state index contributed by atoms with van der Waals surface area (Å²) < 4.78 is 15.0. The first-order valence-electron chi connectivity index (χ1n) is 7.27. The van der Waals surface area contributed by atoms with E-state index in [1.165, 1.54) is 10.7 Å². The van der Waals surface area contributed by atoms with Gasteiger partial charge in [0, 0.05) is 6.04 Å². The molecule has 1 heterocycles. The summed E-state index contributed by atoms with van der Waals surface area (Å²) in [4.78, 5) is 11.9. The average Bonchev–Trinajstić information content (AvgIpc) is 2.86. The molecule has 2 aromatic rings. The van der Waals surface area contributed by atoms with E-state index < -0.39 is 5.82 Å². The minimum atomic E-state index is -0.424. The molecular formula is C15H20FN5OS. The minimum Gasteiger partial charge on any atom is -0.353 e. The third kappa shape index (κ3) is 4.22. The molecule has 3 N–H and O–H groups in total. The van der Waals surface area contributed by atoms with E-state index in [2.05, 4.69) is 15.5 Å². The van der Waals surface area contributed by atoms with Crippen LogP contribution in [0.5, 0.6) is 0 Å². The van der Waals surface area contributed by atoms with Crippen LogP contribution in [0.15, 0.2) is 29.4 Å². The number of rotatable bonds is 6. The summed E-state index contributed by atoms with van der Waals surface area (Å²) in [5, 5.41) is 11.1. The molecule has 1 aromatic heterocycles. The maximum Gasteiger partial charge on any atom is 0.230 e. The van der Waals surface area contributed by atoms with E-state index in [9.17, 15) is 9.18 Å². The summed E-state index contributed by atoms with van der Waals surface area (Å²) in [6.07, 6.45) is 0. The van der Waals surface area contributed by atoms with Crippen LogP contribution in [0.25, 0.3) is 11.4 Å². The van der Waals surface area contributed by atoms with Gasteiger partial charge in [-0.1, -0.05) is 37.7 Å². The van der Waals surface area contributed by atoms with Crippen molar-refractivity contribution in [2.75, 3.05) is 11.6 Å². The molecule has 0 fully saturated rings. The Labute approximate surface area is 138 Å². The van der Waals surface area contributed by atoms with Crippen molar-refractivity contribution in [3.8, 4) is 11.4 Å². The van der Waals surface area contributed by atoms with Crippen LogP contribution in [0.1, 0.15) is 20.8 Å². The number of carbonyl (C=O) groups is 1. The highest BCUT2D eigenvalue weighted by molar-refractivity contribution is 7.99. The van der Waals surface area contributed by atoms with Crippen molar-refractivity contribution in [1.82, 2.24) is 20.2 Å². The number of hydrogen-bond donors (Lipinski definition) is 2. The van der Waals surface area contributed by atoms with E-state index in [1.807, 2.05) is 20.8 Å². The van der Waals surface area contributed by atoms with Crippen LogP contribution in [0, 0.1) is 11.7 Å². The van der Waals surface area contributed by atoms with Gasteiger partial charge in [0.05, 0.1) is 11.3 Å². The fourth-order valence-corrected chi connectivity index (χ4v) is 2.46. The molecule has 0 aliphatic heterocycles. The molecule has 0 aliphatic carbocycles. The Morgan fingerprint density at radius 1 is 1.35 bits per heavy atom. The first-order chi connectivity index (χ1) is 10.9. The van der Waals surface area contributed by atoms with Gasteiger partial charge in [0.2, 0.25) is 11.1 Å². The average molecular weight is 337 g/mol. The number of nitrogens with zero attached hydrogens (tertiary/aromatic N) is 3. The predicted molar refractivity (Wildman–Crippen MR) is 88.7 cm³/mol. The normalized spacial score (nSPS) is 12.4. The van der Waals surface area contributed by atoms with E-state index >= 15 is 0 Å². The van der Waals surface area contributed by atoms with Crippen LogP contribution in [-0.4, -0.2) is 32.6 Å². The third-order valence-corrected chi connectivity index (χ3v) is 4.44. The summed E-state index contributed by atoms with van der Waals surface area (Å²) in [6.45, 7) is 6.03. The zero-order valence-electron chi connectivity index (χ0n) is 13.3. The SMILES string of the molecule is CC(C)[C@@H](C)NC(=O)CSc1nnc(-c2ccccc2F)n1N. The zero-order valence-corrected chi connectivity index (χ0v) is 14.1. The number of halogens is 1. The summed E-state index contributed by atoms with van der Waals surface area (Å²) in [6, 6.07) is 6.28. The second-order valence-corrected chi connectivity index (χ2v) is 6.49. The molecular weight excluding hydrogens is 317 g/mol. The number of nitrogen functional groups attached to an aromatic ring is 1. The first kappa shape index (κ1) is 17.3. The van der Waals surface area contributed by atoms with Crippen LogP contribution in [0.2, 0.25) is 0 Å². The number of nitrogens with one attached hydrogen (secondary N) is 1. The van der Waals surface area contributed by atoms with Crippen LogP contribution < -0.4 is 11.2 Å². The van der Waals surface area contributed by atoms with E-state index in [4.69, 9.17) is 5.84 Å². The van der Waals surface area contributed by atoms with E-state index in [-0.39, 0.29) is 29.1 Å². The summed E-state index contributed by atoms with van der Waals surface area (Å²) in [7, 11) is 0. The zero-order chi connectivity index (χ0) is 17.0. The van der Waals surface area contributed by atoms with Gasteiger partial charge in [-0.25, -0.2) is 9.07 Å². The number of thioether (sulfide) groups is 1. The highest BCUT2D eigenvalue weighted by Crippen LogP contribution is 2.23. The highest BCUT2D eigenvalue weighted by atomic mass is 32.2. The molecule has 2 rings (SSSR count). The molecule has 0 saturated heterocycles. The van der Waals surface area contributed by atoms with E-state index in [1.54, 1.807) is 18.2 Å². The Morgan fingerprint density at radius 3 is 2.70 bits per heavy atom. The standard InChI is InChI=1S/C15H20FN5OS/c1-9(2)10(3)18-13(22)8-23-15-20-19-14(21(15)17)11-6-4-5-7-12(11)16/h4-7,9-10H,8,17H2,1-3H3,(H,18,22)/t10-/m1/s1. The van der Waals surface area contributed by atoms with Gasteiger partial charge in [-0.05, 0) is 25.0 Å². The molecule has 6 nitrogen and oxygen atoms in total. The topological polar surface area (TPSA) is 85.8 Å². The Morgan fingerprint density at radius 2 is 2.04 bits per heavy atom. The summed E-state index contributed by atoms with van der Waals surface area (Å²) >= 11 is 1.16. The van der Waals surface area contributed by atoms with Gasteiger partial charge in [0.1, 0.15) is 5.82 Å². The lowest BCUT2D eigenvalue weighted by atomic mass is 10.1. The quantitative estimate of drug-likeness (QED) is 0.622. The van der Waals surface area contributed by atoms with Gasteiger partial charge < -0.3 is 11.2 Å². The smallest absolute Gasteiger partial charge is 0.230 e. The van der Waals surface area contributed by atoms with Crippen molar-refractivity contribution in [1.29, 1.82) is 0 Å². The van der Waals surface area contributed by atoms with Gasteiger partial charge in [0.25, 0.3) is 0 Å². The molecule has 8 heteroatoms. The van der Waals surface area contributed by atoms with Gasteiger partial charge in [-0.15, -0.1) is 10.2 Å². The van der Waals surface area contributed by atoms with Crippen molar-refractivity contribution in [3.05, 3.63) is 30.1 Å². The fourth-order valence-electron chi connectivity index (χ4n) is 1.79. The molecule has 23 heavy (non-hydrogen) atoms. The summed E-state index contributed by atoms with van der Waals surface area (Å²) in [5.41, 5.74) is 0.271. The number of benzene rings is 1. The van der Waals surface area contributed by atoms with Crippen LogP contribution in [0.3, 0.4) is 0 Å². The molecule has 1 atom stereocenters. The lowest BCUT2D eigenvalue weighted by molar-refractivity contribution is -0.119. The monoisotopic (exact) mass is 337 g/mol. The van der Waals surface area contributed by atoms with Crippen LogP contribution in [0.4, 0.5) is 4.39 Å². The number of amides is 1. The molecule has 0 bridgehead atoms. The van der Waals surface area contributed by atoms with Crippen LogP contribution in [-0.2, 0) is 4.79 Å². The first-order valence-corrected chi connectivity index (χ1v) is 8.26. The van der Waals surface area contributed by atoms with Crippen molar-refractivity contribution < 1.29 is 9.18 Å². The molecule has 0 radical (unpaired) electrons. The lowest BCUT2D eigenvalue weighted by Gasteiger charge is -2.16. The maximum atomic E-state index is 13.8. The Bertz CT molecular complexity index is 688. The molecule has 0 spiro atoms. The van der Waals surface area contributed by atoms with Crippen LogP contribution >= 0.6 is 11.8 Å². The molecule has 124 valence electrons. The van der Waals surface area contributed by atoms with Crippen molar-refractivity contribution in [2.45, 2.75) is 32.0 Å². The van der Waals surface area contributed by atoms with Gasteiger partial charge in [-0.3, -0.25) is 4.79 Å². The van der Waals surface area contributed by atoms with Gasteiger partial charge >= 0.3 is 0 Å². The van der Waals surface area contributed by atoms with E-state index in [0.717, 1.165) is 11.8 Å². The van der Waals surface area contributed by atoms with Crippen molar-refractivity contribution >= 4 is 17.7 Å². The second-order valence-electron chi connectivity index (χ2n) is 5.54. The maximum absolute atomic E-state index is 13.8. The fraction of sp³-hybridized carbons (Fsp3) is 0.400. The Balaban J connectivity index is 2.03. The Hall–Kier alpha value is -2.09. The molecule has 1 aromatic carbocycles. The van der Waals surface area contributed by atoms with Crippen molar-refractivity contribution in [3.63, 3.8) is 0 Å². The molecule has 1 amide bonds. The summed E-state index contributed by atoms with van der Waals surface area (Å²) in [5.74, 6) is 6.13.